The molecule has 1 aliphatic rings. The zero-order valence-electron chi connectivity index (χ0n) is 12.5. The lowest BCUT2D eigenvalue weighted by atomic mass is 10.1. The molecule has 0 saturated carbocycles. The van der Waals surface area contributed by atoms with Crippen molar-refractivity contribution in [1.82, 2.24) is 9.38 Å². The van der Waals surface area contributed by atoms with Gasteiger partial charge in [-0.05, 0) is 33.1 Å². The minimum absolute atomic E-state index is 0.159. The molecule has 2 aromatic rings. The Balaban J connectivity index is 2.07. The number of hydrogen-bond acceptors (Lipinski definition) is 4. The molecule has 20 heavy (non-hydrogen) atoms. The van der Waals surface area contributed by atoms with Gasteiger partial charge in [0, 0.05) is 36.1 Å². The lowest BCUT2D eigenvalue weighted by Gasteiger charge is -2.29. The van der Waals surface area contributed by atoms with Gasteiger partial charge in [-0.15, -0.1) is 11.3 Å². The lowest BCUT2D eigenvalue weighted by molar-refractivity contribution is 0.615. The molecule has 2 aromatic heterocycles. The van der Waals surface area contributed by atoms with Gasteiger partial charge in [0.25, 0.3) is 0 Å². The predicted molar refractivity (Wildman–Crippen MR) is 85.7 cm³/mol. The highest BCUT2D eigenvalue weighted by Crippen LogP contribution is 2.35. The zero-order chi connectivity index (χ0) is 14.3. The highest BCUT2D eigenvalue weighted by molar-refractivity contribution is 7.15. The minimum Gasteiger partial charge on any atom is -0.349 e. The number of fused-ring (bicyclic) bond motifs is 1. The molecule has 1 aliphatic heterocycles. The average Bonchev–Trinajstić information content (AvgIpc) is 3.05. The van der Waals surface area contributed by atoms with Crippen molar-refractivity contribution in [2.75, 3.05) is 4.90 Å². The Morgan fingerprint density at radius 1 is 1.50 bits per heavy atom. The first-order chi connectivity index (χ1) is 9.61. The molecule has 1 saturated heterocycles. The van der Waals surface area contributed by atoms with Crippen LogP contribution in [0, 0.1) is 0 Å². The maximum absolute atomic E-state index is 6.06. The monoisotopic (exact) mass is 292 g/mol. The van der Waals surface area contributed by atoms with Crippen molar-refractivity contribution in [3.63, 3.8) is 0 Å². The van der Waals surface area contributed by atoms with Crippen LogP contribution in [0.5, 0.6) is 0 Å². The third kappa shape index (κ3) is 2.23. The largest absolute Gasteiger partial charge is 0.349 e. The van der Waals surface area contributed by atoms with Crippen LogP contribution in [0.2, 0.25) is 0 Å². The Morgan fingerprint density at radius 2 is 2.30 bits per heavy atom. The van der Waals surface area contributed by atoms with Crippen molar-refractivity contribution < 1.29 is 0 Å². The molecule has 3 heterocycles. The van der Waals surface area contributed by atoms with Crippen molar-refractivity contribution in [3.05, 3.63) is 17.3 Å². The quantitative estimate of drug-likeness (QED) is 0.942. The first-order valence-corrected chi connectivity index (χ1v) is 8.48. The Kier molecular flexibility index (Phi) is 3.73. The number of rotatable bonds is 4. The van der Waals surface area contributed by atoms with Gasteiger partial charge in [-0.3, -0.25) is 4.40 Å². The molecule has 5 heteroatoms. The van der Waals surface area contributed by atoms with Crippen molar-refractivity contribution in [3.8, 4) is 0 Å². The van der Waals surface area contributed by atoms with Gasteiger partial charge in [0.15, 0.2) is 10.8 Å². The summed E-state index contributed by atoms with van der Waals surface area (Å²) in [5, 5.41) is 2.10. The fourth-order valence-electron chi connectivity index (χ4n) is 3.38. The van der Waals surface area contributed by atoms with Crippen LogP contribution < -0.4 is 10.6 Å². The smallest absolute Gasteiger partial charge is 0.195 e. The van der Waals surface area contributed by atoms with Crippen LogP contribution >= 0.6 is 11.3 Å². The van der Waals surface area contributed by atoms with E-state index in [0.717, 1.165) is 11.4 Å². The Hall–Kier alpha value is -1.07. The molecule has 0 amide bonds. The Bertz CT molecular complexity index is 586. The van der Waals surface area contributed by atoms with Gasteiger partial charge in [-0.1, -0.05) is 6.92 Å². The van der Waals surface area contributed by atoms with Gasteiger partial charge < -0.3 is 10.6 Å². The summed E-state index contributed by atoms with van der Waals surface area (Å²) >= 11 is 1.70. The van der Waals surface area contributed by atoms with E-state index in [4.69, 9.17) is 10.7 Å². The molecule has 3 atom stereocenters. The number of imidazole rings is 1. The molecule has 1 fully saturated rings. The maximum atomic E-state index is 6.06. The first kappa shape index (κ1) is 13.9. The van der Waals surface area contributed by atoms with Crippen LogP contribution in [0.3, 0.4) is 0 Å². The number of anilines is 1. The number of aromatic nitrogens is 2. The van der Waals surface area contributed by atoms with Gasteiger partial charge >= 0.3 is 0 Å². The third-order valence-electron chi connectivity index (χ3n) is 4.36. The summed E-state index contributed by atoms with van der Waals surface area (Å²) in [7, 11) is 0. The van der Waals surface area contributed by atoms with Crippen molar-refractivity contribution in [1.29, 1.82) is 0 Å². The van der Waals surface area contributed by atoms with E-state index < -0.39 is 0 Å². The van der Waals surface area contributed by atoms with E-state index >= 15 is 0 Å². The summed E-state index contributed by atoms with van der Waals surface area (Å²) in [4.78, 5) is 8.53. The van der Waals surface area contributed by atoms with Crippen LogP contribution in [-0.2, 0) is 6.42 Å². The van der Waals surface area contributed by atoms with E-state index in [9.17, 15) is 0 Å². The van der Waals surface area contributed by atoms with Crippen LogP contribution in [0.4, 0.5) is 5.82 Å². The average molecular weight is 292 g/mol. The molecule has 2 N–H and O–H groups in total. The van der Waals surface area contributed by atoms with E-state index in [2.05, 4.69) is 41.6 Å². The van der Waals surface area contributed by atoms with Gasteiger partial charge in [-0.2, -0.15) is 0 Å². The van der Waals surface area contributed by atoms with Crippen LogP contribution in [-0.4, -0.2) is 27.5 Å². The summed E-state index contributed by atoms with van der Waals surface area (Å²) in [6, 6.07) is 1.37. The number of hydrogen-bond donors (Lipinski definition) is 1. The molecule has 0 spiro atoms. The van der Waals surface area contributed by atoms with Gasteiger partial charge in [0.05, 0.1) is 5.69 Å². The van der Waals surface area contributed by atoms with Crippen molar-refractivity contribution in [2.24, 2.45) is 5.73 Å². The molecule has 110 valence electrons. The molecule has 0 aromatic carbocycles. The molecule has 0 aliphatic carbocycles. The van der Waals surface area contributed by atoms with E-state index in [0.29, 0.717) is 12.1 Å². The highest BCUT2D eigenvalue weighted by Gasteiger charge is 2.33. The molecule has 3 unspecified atom stereocenters. The van der Waals surface area contributed by atoms with Crippen LogP contribution in [0.15, 0.2) is 11.6 Å². The van der Waals surface area contributed by atoms with E-state index in [1.54, 1.807) is 11.3 Å². The van der Waals surface area contributed by atoms with Gasteiger partial charge in [0.1, 0.15) is 0 Å². The molecule has 0 bridgehead atoms. The number of nitrogens with two attached hydrogens (primary N) is 1. The number of nitrogens with zero attached hydrogens (tertiary/aromatic N) is 3. The fourth-order valence-corrected chi connectivity index (χ4v) is 4.10. The van der Waals surface area contributed by atoms with E-state index in [1.165, 1.54) is 30.8 Å². The summed E-state index contributed by atoms with van der Waals surface area (Å²) in [6.45, 7) is 6.67. The fraction of sp³-hybridized carbons (Fsp3) is 0.667. The second kappa shape index (κ2) is 5.37. The predicted octanol–water partition coefficient (Wildman–Crippen LogP) is 3.05. The molecular formula is C15H24N4S. The standard InChI is InChI=1S/C15H24N4S/c1-4-12-6-5-11(3)19(12)14-13(9-10(2)16)18-7-8-20-15(18)17-14/h7-8,10-12H,4-6,9,16H2,1-3H3. The maximum Gasteiger partial charge on any atom is 0.195 e. The lowest BCUT2D eigenvalue weighted by Crippen LogP contribution is -2.35. The van der Waals surface area contributed by atoms with Crippen LogP contribution in [0.25, 0.3) is 4.96 Å². The van der Waals surface area contributed by atoms with Crippen molar-refractivity contribution >= 4 is 22.1 Å². The second-order valence-electron chi connectivity index (χ2n) is 6.01. The summed E-state index contributed by atoms with van der Waals surface area (Å²) in [5.41, 5.74) is 7.34. The topological polar surface area (TPSA) is 46.6 Å². The summed E-state index contributed by atoms with van der Waals surface area (Å²) < 4.78 is 2.22. The molecule has 3 rings (SSSR count). The van der Waals surface area contributed by atoms with E-state index in [1.807, 2.05) is 0 Å². The SMILES string of the molecule is CCC1CCC(C)N1c1nc2sccn2c1CC(C)N. The third-order valence-corrected chi connectivity index (χ3v) is 5.11. The Labute approximate surface area is 124 Å². The highest BCUT2D eigenvalue weighted by atomic mass is 32.1. The van der Waals surface area contributed by atoms with Crippen LogP contribution in [0.1, 0.15) is 45.7 Å². The van der Waals surface area contributed by atoms with Crippen molar-refractivity contribution in [2.45, 2.75) is 64.6 Å². The zero-order valence-corrected chi connectivity index (χ0v) is 13.4. The second-order valence-corrected chi connectivity index (χ2v) is 6.89. The normalized spacial score (nSPS) is 24.7. The molecule has 4 nitrogen and oxygen atoms in total. The van der Waals surface area contributed by atoms with Gasteiger partial charge in [0.2, 0.25) is 0 Å². The summed E-state index contributed by atoms with van der Waals surface area (Å²) in [6.07, 6.45) is 6.73. The van der Waals surface area contributed by atoms with Gasteiger partial charge in [-0.25, -0.2) is 4.98 Å². The molecular weight excluding hydrogens is 268 g/mol. The number of thiazole rings is 1. The molecule has 0 radical (unpaired) electrons. The summed E-state index contributed by atoms with van der Waals surface area (Å²) in [5.74, 6) is 1.17. The Morgan fingerprint density at radius 3 is 3.00 bits per heavy atom. The minimum atomic E-state index is 0.159. The van der Waals surface area contributed by atoms with E-state index in [-0.39, 0.29) is 6.04 Å². The first-order valence-electron chi connectivity index (χ1n) is 7.60.